The fraction of sp³-hybridized carbons (Fsp3) is 0.469. The van der Waals surface area contributed by atoms with Gasteiger partial charge in [-0.1, -0.05) is 39.0 Å². The van der Waals surface area contributed by atoms with Crippen molar-refractivity contribution in [1.82, 2.24) is 9.97 Å². The predicted molar refractivity (Wildman–Crippen MR) is 152 cm³/mol. The van der Waals surface area contributed by atoms with Crippen molar-refractivity contribution in [2.45, 2.75) is 91.8 Å². The largest absolute Gasteiger partial charge is 0.496 e. The molecule has 0 atom stereocenters. The minimum absolute atomic E-state index is 0.204. The quantitative estimate of drug-likeness (QED) is 0.348. The molecule has 3 aromatic rings. The van der Waals surface area contributed by atoms with Gasteiger partial charge >= 0.3 is 6.01 Å². The molecule has 1 heterocycles. The smallest absolute Gasteiger partial charge is 0.320 e. The number of nitrogens with zero attached hydrogens (tertiary/aromatic N) is 2. The van der Waals surface area contributed by atoms with Crippen molar-refractivity contribution in [3.05, 3.63) is 53.2 Å². The molecule has 1 aliphatic rings. The van der Waals surface area contributed by atoms with E-state index in [-0.39, 0.29) is 17.2 Å². The number of ketones is 1. The molecule has 202 valence electrons. The highest BCUT2D eigenvalue weighted by molar-refractivity contribution is 6.01. The first-order chi connectivity index (χ1) is 17.6. The van der Waals surface area contributed by atoms with E-state index in [4.69, 9.17) is 14.2 Å². The van der Waals surface area contributed by atoms with Gasteiger partial charge in [0.15, 0.2) is 5.78 Å². The van der Waals surface area contributed by atoms with Crippen LogP contribution in [0.1, 0.15) is 90.2 Å². The molecule has 6 heteroatoms. The lowest BCUT2D eigenvalue weighted by atomic mass is 9.82. The average Bonchev–Trinajstić information content (AvgIpc) is 3.15. The van der Waals surface area contributed by atoms with Crippen LogP contribution in [0.3, 0.4) is 0 Å². The maximum Gasteiger partial charge on any atom is 0.320 e. The summed E-state index contributed by atoms with van der Waals surface area (Å²) in [5.41, 5.74) is 5.49. The van der Waals surface area contributed by atoms with Crippen molar-refractivity contribution in [3.63, 3.8) is 0 Å². The van der Waals surface area contributed by atoms with Crippen LogP contribution in [-0.4, -0.2) is 34.1 Å². The van der Waals surface area contributed by atoms with Crippen LogP contribution in [-0.2, 0) is 11.8 Å². The topological polar surface area (TPSA) is 70.5 Å². The van der Waals surface area contributed by atoms with Crippen molar-refractivity contribution in [1.29, 1.82) is 0 Å². The fourth-order valence-electron chi connectivity index (χ4n) is 4.64. The SMILES string of the molecule is COc1c(-c2ccc3c(c2)CCC3=O)cc(-c2cnc(OC(C)(C)C)nc2OC(C)(C)C)cc1C(C)(C)C. The maximum absolute atomic E-state index is 12.3. The summed E-state index contributed by atoms with van der Waals surface area (Å²) in [5, 5.41) is 0. The molecule has 0 aliphatic heterocycles. The van der Waals surface area contributed by atoms with Crippen molar-refractivity contribution >= 4 is 5.78 Å². The standard InChI is InChI=1S/C32H40N2O4/c1-30(2,3)25-17-21(24-18-33-29(38-32(7,8)9)34-28(24)37-31(4,5)6)16-23(27(25)36-10)20-11-13-22-19(15-20)12-14-26(22)35/h11,13,15-18H,12,14H2,1-10H3. The predicted octanol–water partition coefficient (Wildman–Crippen LogP) is 7.60. The Morgan fingerprint density at radius 1 is 0.763 bits per heavy atom. The highest BCUT2D eigenvalue weighted by Crippen LogP contribution is 2.45. The van der Waals surface area contributed by atoms with E-state index >= 15 is 0 Å². The van der Waals surface area contributed by atoms with Gasteiger partial charge in [0.1, 0.15) is 17.0 Å². The Morgan fingerprint density at radius 3 is 2.05 bits per heavy atom. The maximum atomic E-state index is 12.3. The summed E-state index contributed by atoms with van der Waals surface area (Å²) in [6.45, 7) is 18.4. The second-order valence-electron chi connectivity index (χ2n) is 12.9. The number of benzene rings is 2. The van der Waals surface area contributed by atoms with Crippen LogP contribution in [0.5, 0.6) is 17.6 Å². The van der Waals surface area contributed by atoms with Gasteiger partial charge in [0.25, 0.3) is 0 Å². The van der Waals surface area contributed by atoms with Crippen molar-refractivity contribution in [2.24, 2.45) is 0 Å². The van der Waals surface area contributed by atoms with Gasteiger partial charge in [0, 0.05) is 29.3 Å². The molecular formula is C32H40N2O4. The third-order valence-corrected chi connectivity index (χ3v) is 6.28. The lowest BCUT2D eigenvalue weighted by molar-refractivity contribution is 0.0992. The number of methoxy groups -OCH3 is 1. The number of aryl methyl sites for hydroxylation is 1. The second-order valence-corrected chi connectivity index (χ2v) is 12.9. The number of carbonyl (C=O) groups excluding carboxylic acids is 1. The first kappa shape index (κ1) is 27.6. The Kier molecular flexibility index (Phi) is 7.06. The van der Waals surface area contributed by atoms with Gasteiger partial charge in [-0.25, -0.2) is 4.98 Å². The molecule has 0 saturated heterocycles. The number of carbonyl (C=O) groups is 1. The molecule has 0 unspecified atom stereocenters. The first-order valence-corrected chi connectivity index (χ1v) is 13.2. The van der Waals surface area contributed by atoms with Gasteiger partial charge in [-0.15, -0.1) is 0 Å². The molecule has 0 radical (unpaired) electrons. The summed E-state index contributed by atoms with van der Waals surface area (Å²) in [6, 6.07) is 10.6. The van der Waals surface area contributed by atoms with E-state index in [0.29, 0.717) is 12.3 Å². The molecule has 0 N–H and O–H groups in total. The summed E-state index contributed by atoms with van der Waals surface area (Å²) in [5.74, 6) is 1.49. The van der Waals surface area contributed by atoms with Gasteiger partial charge in [-0.2, -0.15) is 4.98 Å². The highest BCUT2D eigenvalue weighted by atomic mass is 16.5. The van der Waals surface area contributed by atoms with Crippen molar-refractivity contribution < 1.29 is 19.0 Å². The van der Waals surface area contributed by atoms with Gasteiger partial charge in [0.05, 0.1) is 12.7 Å². The van der Waals surface area contributed by atoms with Crippen molar-refractivity contribution in [2.75, 3.05) is 7.11 Å². The lowest BCUT2D eigenvalue weighted by Gasteiger charge is -2.27. The van der Waals surface area contributed by atoms with E-state index in [0.717, 1.165) is 51.1 Å². The van der Waals surface area contributed by atoms with Crippen LogP contribution in [0.15, 0.2) is 36.5 Å². The second kappa shape index (κ2) is 9.72. The zero-order valence-corrected chi connectivity index (χ0v) is 24.4. The van der Waals surface area contributed by atoms with Crippen LogP contribution < -0.4 is 14.2 Å². The molecule has 0 amide bonds. The highest BCUT2D eigenvalue weighted by Gasteiger charge is 2.27. The molecule has 1 aliphatic carbocycles. The normalized spacial score (nSPS) is 13.9. The molecule has 4 rings (SSSR count). The minimum atomic E-state index is -0.475. The van der Waals surface area contributed by atoms with E-state index in [9.17, 15) is 4.79 Å². The Hall–Kier alpha value is -3.41. The minimum Gasteiger partial charge on any atom is -0.496 e. The molecule has 6 nitrogen and oxygen atoms in total. The third-order valence-electron chi connectivity index (χ3n) is 6.28. The number of Topliss-reactive ketones (excluding diaryl/α,β-unsaturated/α-hetero) is 1. The molecule has 0 spiro atoms. The molecule has 1 aromatic heterocycles. The van der Waals surface area contributed by atoms with E-state index in [1.54, 1.807) is 13.3 Å². The van der Waals surface area contributed by atoms with Gasteiger partial charge in [-0.05, 0) is 82.2 Å². The molecular weight excluding hydrogens is 476 g/mol. The van der Waals surface area contributed by atoms with E-state index in [2.05, 4.69) is 48.9 Å². The Labute approximate surface area is 226 Å². The summed E-state index contributed by atoms with van der Waals surface area (Å²) in [7, 11) is 1.71. The van der Waals surface area contributed by atoms with E-state index in [1.807, 2.05) is 53.7 Å². The van der Waals surface area contributed by atoms with Crippen LogP contribution in [0, 0.1) is 0 Å². The van der Waals surface area contributed by atoms with E-state index < -0.39 is 11.2 Å². The fourth-order valence-corrected chi connectivity index (χ4v) is 4.64. The molecule has 2 aromatic carbocycles. The van der Waals surface area contributed by atoms with E-state index in [1.165, 1.54) is 0 Å². The molecule has 0 bridgehead atoms. The average molecular weight is 517 g/mol. The number of hydrogen-bond acceptors (Lipinski definition) is 6. The number of ether oxygens (including phenoxy) is 3. The molecule has 0 saturated carbocycles. The zero-order chi connectivity index (χ0) is 28.0. The summed E-state index contributed by atoms with van der Waals surface area (Å²) >= 11 is 0. The number of rotatable bonds is 5. The lowest BCUT2D eigenvalue weighted by Crippen LogP contribution is -2.26. The Bertz CT molecular complexity index is 1370. The van der Waals surface area contributed by atoms with Gasteiger partial charge < -0.3 is 14.2 Å². The van der Waals surface area contributed by atoms with Gasteiger partial charge in [-0.3, -0.25) is 4.79 Å². The van der Waals surface area contributed by atoms with Crippen LogP contribution in [0.25, 0.3) is 22.3 Å². The van der Waals surface area contributed by atoms with Gasteiger partial charge in [0.2, 0.25) is 5.88 Å². The Morgan fingerprint density at radius 2 is 1.45 bits per heavy atom. The zero-order valence-electron chi connectivity index (χ0n) is 24.4. The number of fused-ring (bicyclic) bond motifs is 1. The number of hydrogen-bond donors (Lipinski definition) is 0. The van der Waals surface area contributed by atoms with Crippen LogP contribution in [0.4, 0.5) is 0 Å². The monoisotopic (exact) mass is 516 g/mol. The van der Waals surface area contributed by atoms with Crippen molar-refractivity contribution in [3.8, 4) is 39.9 Å². The third kappa shape index (κ3) is 6.01. The van der Waals surface area contributed by atoms with Crippen LogP contribution >= 0.6 is 0 Å². The first-order valence-electron chi connectivity index (χ1n) is 13.2. The van der Waals surface area contributed by atoms with Crippen LogP contribution in [0.2, 0.25) is 0 Å². The summed E-state index contributed by atoms with van der Waals surface area (Å²) < 4.78 is 18.3. The molecule has 38 heavy (non-hydrogen) atoms. The molecule has 0 fully saturated rings. The summed E-state index contributed by atoms with van der Waals surface area (Å²) in [6.07, 6.45) is 3.11. The number of aromatic nitrogens is 2. The Balaban J connectivity index is 1.96. The summed E-state index contributed by atoms with van der Waals surface area (Å²) in [4.78, 5) is 21.5.